The monoisotopic (exact) mass is 355 g/mol. The number of nitrogens with zero attached hydrogens (tertiary/aromatic N) is 2. The highest BCUT2D eigenvalue weighted by Crippen LogP contribution is 2.20. The van der Waals surface area contributed by atoms with Gasteiger partial charge in [0, 0.05) is 32.2 Å². The number of hydrogen-bond donors (Lipinski definition) is 1. The van der Waals surface area contributed by atoms with E-state index in [1.807, 2.05) is 20.8 Å². The Bertz CT molecular complexity index is 650. The highest BCUT2D eigenvalue weighted by Gasteiger charge is 2.30. The number of urea groups is 1. The number of carbonyl (C=O) groups is 1. The molecule has 1 fully saturated rings. The van der Waals surface area contributed by atoms with Crippen molar-refractivity contribution in [2.75, 3.05) is 32.8 Å². The maximum Gasteiger partial charge on any atom is 0.317 e. The van der Waals surface area contributed by atoms with Gasteiger partial charge in [-0.15, -0.1) is 0 Å². The molecule has 134 valence electrons. The minimum Gasteiger partial charge on any atom is -0.494 e. The third kappa shape index (κ3) is 4.39. The molecule has 1 aromatic carbocycles. The number of ether oxygens (including phenoxy) is 1. The minimum atomic E-state index is -3.55. The zero-order valence-electron chi connectivity index (χ0n) is 14.4. The average Bonchev–Trinajstić information content (AvgIpc) is 2.55. The summed E-state index contributed by atoms with van der Waals surface area (Å²) in [6.45, 7) is 7.55. The molecule has 1 aliphatic heterocycles. The second kappa shape index (κ2) is 7.85. The summed E-state index contributed by atoms with van der Waals surface area (Å²) in [5.41, 5.74) is 0. The first kappa shape index (κ1) is 18.5. The highest BCUT2D eigenvalue weighted by atomic mass is 32.2. The number of hydrogen-bond acceptors (Lipinski definition) is 4. The summed E-state index contributed by atoms with van der Waals surface area (Å²) in [5, 5.41) is 2.82. The van der Waals surface area contributed by atoms with Crippen LogP contribution in [0.4, 0.5) is 4.79 Å². The Balaban J connectivity index is 2.00. The Labute approximate surface area is 143 Å². The van der Waals surface area contributed by atoms with Crippen LogP contribution in [0.3, 0.4) is 0 Å². The molecule has 0 atom stereocenters. The first-order valence-electron chi connectivity index (χ1n) is 8.13. The van der Waals surface area contributed by atoms with Crippen LogP contribution in [0.5, 0.6) is 5.75 Å². The Morgan fingerprint density at radius 1 is 1.17 bits per heavy atom. The molecule has 7 nitrogen and oxygen atoms in total. The standard InChI is InChI=1S/C16H25N3O4S/c1-4-23-14-5-7-15(8-6-14)24(21,22)19-11-9-18(10-12-19)16(20)17-13(2)3/h5-8,13H,4,9-12H2,1-3H3,(H,17,20). The van der Waals surface area contributed by atoms with Gasteiger partial charge in [0.25, 0.3) is 0 Å². The van der Waals surface area contributed by atoms with Gasteiger partial charge in [0.1, 0.15) is 5.75 Å². The number of sulfonamides is 1. The number of carbonyl (C=O) groups excluding carboxylic acids is 1. The van der Waals surface area contributed by atoms with E-state index in [9.17, 15) is 13.2 Å². The molecule has 8 heteroatoms. The van der Waals surface area contributed by atoms with Gasteiger partial charge >= 0.3 is 6.03 Å². The van der Waals surface area contributed by atoms with Crippen LogP contribution in [-0.2, 0) is 10.0 Å². The van der Waals surface area contributed by atoms with E-state index in [4.69, 9.17) is 4.74 Å². The van der Waals surface area contributed by atoms with Gasteiger partial charge in [-0.3, -0.25) is 0 Å². The van der Waals surface area contributed by atoms with Crippen molar-refractivity contribution in [3.05, 3.63) is 24.3 Å². The average molecular weight is 355 g/mol. The molecule has 0 radical (unpaired) electrons. The lowest BCUT2D eigenvalue weighted by molar-refractivity contribution is 0.170. The molecule has 0 unspecified atom stereocenters. The van der Waals surface area contributed by atoms with E-state index in [-0.39, 0.29) is 17.0 Å². The Kier molecular flexibility index (Phi) is 6.06. The second-order valence-electron chi connectivity index (χ2n) is 5.90. The lowest BCUT2D eigenvalue weighted by atomic mass is 10.3. The number of benzene rings is 1. The Morgan fingerprint density at radius 3 is 2.25 bits per heavy atom. The molecule has 24 heavy (non-hydrogen) atoms. The van der Waals surface area contributed by atoms with Gasteiger partial charge in [0.15, 0.2) is 0 Å². The molecule has 2 amide bonds. The van der Waals surface area contributed by atoms with E-state index in [0.717, 1.165) is 0 Å². The molecule has 1 aliphatic rings. The number of amides is 2. The van der Waals surface area contributed by atoms with Gasteiger partial charge in [0.2, 0.25) is 10.0 Å². The van der Waals surface area contributed by atoms with E-state index in [1.54, 1.807) is 29.2 Å². The minimum absolute atomic E-state index is 0.0584. The predicted octanol–water partition coefficient (Wildman–Crippen LogP) is 1.51. The molecule has 0 saturated carbocycles. The molecule has 1 aromatic rings. The zero-order chi connectivity index (χ0) is 17.7. The van der Waals surface area contributed by atoms with Crippen molar-refractivity contribution >= 4 is 16.1 Å². The largest absolute Gasteiger partial charge is 0.494 e. The van der Waals surface area contributed by atoms with Crippen molar-refractivity contribution in [2.45, 2.75) is 31.7 Å². The van der Waals surface area contributed by atoms with Crippen LogP contribution in [0.1, 0.15) is 20.8 Å². The third-order valence-corrected chi connectivity index (χ3v) is 5.62. The van der Waals surface area contributed by atoms with Crippen molar-refractivity contribution in [2.24, 2.45) is 0 Å². The molecule has 0 aromatic heterocycles. The molecule has 1 saturated heterocycles. The van der Waals surface area contributed by atoms with Crippen LogP contribution >= 0.6 is 0 Å². The smallest absolute Gasteiger partial charge is 0.317 e. The number of nitrogens with one attached hydrogen (secondary N) is 1. The SMILES string of the molecule is CCOc1ccc(S(=O)(=O)N2CCN(C(=O)NC(C)C)CC2)cc1. The molecule has 1 heterocycles. The zero-order valence-corrected chi connectivity index (χ0v) is 15.2. The fraction of sp³-hybridized carbons (Fsp3) is 0.562. The lowest BCUT2D eigenvalue weighted by Gasteiger charge is -2.34. The first-order chi connectivity index (χ1) is 11.3. The number of piperazine rings is 1. The topological polar surface area (TPSA) is 79.0 Å². The molecular weight excluding hydrogens is 330 g/mol. The highest BCUT2D eigenvalue weighted by molar-refractivity contribution is 7.89. The quantitative estimate of drug-likeness (QED) is 0.868. The van der Waals surface area contributed by atoms with E-state index in [2.05, 4.69) is 5.32 Å². The van der Waals surface area contributed by atoms with E-state index >= 15 is 0 Å². The van der Waals surface area contributed by atoms with Gasteiger partial charge < -0.3 is 15.0 Å². The van der Waals surface area contributed by atoms with Gasteiger partial charge in [-0.2, -0.15) is 4.31 Å². The number of rotatable bonds is 5. The molecule has 2 rings (SSSR count). The van der Waals surface area contributed by atoms with Crippen molar-refractivity contribution < 1.29 is 17.9 Å². The molecular formula is C16H25N3O4S. The van der Waals surface area contributed by atoms with Crippen LogP contribution < -0.4 is 10.1 Å². The van der Waals surface area contributed by atoms with Crippen LogP contribution in [0.2, 0.25) is 0 Å². The Morgan fingerprint density at radius 2 is 1.75 bits per heavy atom. The van der Waals surface area contributed by atoms with E-state index in [0.29, 0.717) is 38.5 Å². The predicted molar refractivity (Wildman–Crippen MR) is 91.6 cm³/mol. The van der Waals surface area contributed by atoms with Crippen LogP contribution in [0, 0.1) is 0 Å². The van der Waals surface area contributed by atoms with Gasteiger partial charge in [-0.05, 0) is 45.0 Å². The van der Waals surface area contributed by atoms with Crippen LogP contribution in [0.15, 0.2) is 29.2 Å². The van der Waals surface area contributed by atoms with Crippen molar-refractivity contribution in [1.82, 2.24) is 14.5 Å². The van der Waals surface area contributed by atoms with Gasteiger partial charge in [-0.25, -0.2) is 13.2 Å². The summed E-state index contributed by atoms with van der Waals surface area (Å²) >= 11 is 0. The summed E-state index contributed by atoms with van der Waals surface area (Å²) in [5.74, 6) is 0.645. The molecule has 0 spiro atoms. The van der Waals surface area contributed by atoms with Crippen molar-refractivity contribution in [1.29, 1.82) is 0 Å². The Hall–Kier alpha value is -1.80. The van der Waals surface area contributed by atoms with Crippen molar-refractivity contribution in [3.63, 3.8) is 0 Å². The molecule has 0 bridgehead atoms. The van der Waals surface area contributed by atoms with Crippen molar-refractivity contribution in [3.8, 4) is 5.75 Å². The third-order valence-electron chi connectivity index (χ3n) is 3.71. The van der Waals surface area contributed by atoms with Gasteiger partial charge in [0.05, 0.1) is 11.5 Å². The van der Waals surface area contributed by atoms with Crippen LogP contribution in [0.25, 0.3) is 0 Å². The normalized spacial score (nSPS) is 16.2. The summed E-state index contributed by atoms with van der Waals surface area (Å²) < 4.78 is 32.1. The second-order valence-corrected chi connectivity index (χ2v) is 7.84. The summed E-state index contributed by atoms with van der Waals surface area (Å²) in [7, 11) is -3.55. The summed E-state index contributed by atoms with van der Waals surface area (Å²) in [6.07, 6.45) is 0. The molecule has 1 N–H and O–H groups in total. The first-order valence-corrected chi connectivity index (χ1v) is 9.57. The van der Waals surface area contributed by atoms with Gasteiger partial charge in [-0.1, -0.05) is 0 Å². The lowest BCUT2D eigenvalue weighted by Crippen LogP contribution is -2.53. The fourth-order valence-electron chi connectivity index (χ4n) is 2.49. The van der Waals surface area contributed by atoms with E-state index < -0.39 is 10.0 Å². The summed E-state index contributed by atoms with van der Waals surface area (Å²) in [6, 6.07) is 6.33. The fourth-order valence-corrected chi connectivity index (χ4v) is 3.92. The summed E-state index contributed by atoms with van der Waals surface area (Å²) in [4.78, 5) is 13.9. The maximum atomic E-state index is 12.7. The maximum absolute atomic E-state index is 12.7. The van der Waals surface area contributed by atoms with Crippen LogP contribution in [-0.4, -0.2) is 62.5 Å². The van der Waals surface area contributed by atoms with E-state index in [1.165, 1.54) is 4.31 Å². The molecule has 0 aliphatic carbocycles.